The fourth-order valence-corrected chi connectivity index (χ4v) is 3.11. The summed E-state index contributed by atoms with van der Waals surface area (Å²) >= 11 is 0. The zero-order chi connectivity index (χ0) is 17.3. The Morgan fingerprint density at radius 3 is 2.54 bits per heavy atom. The fraction of sp³-hybridized carbons (Fsp3) is 0.688. The summed E-state index contributed by atoms with van der Waals surface area (Å²) in [6.45, 7) is 0.295. The Hall–Kier alpha value is -1.70. The maximum absolute atomic E-state index is 13.0. The van der Waals surface area contributed by atoms with Crippen LogP contribution in [0, 0.1) is 11.8 Å². The highest BCUT2D eigenvalue weighted by Gasteiger charge is 2.51. The minimum Gasteiger partial charge on any atom is -0.355 e. The van der Waals surface area contributed by atoms with Gasteiger partial charge in [0.1, 0.15) is 5.82 Å². The Labute approximate surface area is 138 Å². The van der Waals surface area contributed by atoms with Crippen LogP contribution in [0.3, 0.4) is 0 Å². The predicted molar refractivity (Wildman–Crippen MR) is 81.3 cm³/mol. The molecule has 0 spiro atoms. The average molecular weight is 342 g/mol. The van der Waals surface area contributed by atoms with E-state index in [1.165, 1.54) is 0 Å². The summed E-state index contributed by atoms with van der Waals surface area (Å²) in [6.07, 6.45) is 1.88. The monoisotopic (exact) mass is 342 g/mol. The summed E-state index contributed by atoms with van der Waals surface area (Å²) < 4.78 is 39.0. The maximum Gasteiger partial charge on any atom is 0.393 e. The van der Waals surface area contributed by atoms with Gasteiger partial charge in [0.25, 0.3) is 0 Å². The predicted octanol–water partition coefficient (Wildman–Crippen LogP) is 1.75. The summed E-state index contributed by atoms with van der Waals surface area (Å²) in [5.41, 5.74) is 0.871. The topological polar surface area (TPSA) is 58.1 Å². The molecule has 1 aliphatic carbocycles. The van der Waals surface area contributed by atoms with Gasteiger partial charge < -0.3 is 10.2 Å². The molecule has 0 unspecified atom stereocenters. The van der Waals surface area contributed by atoms with Crippen molar-refractivity contribution in [3.63, 3.8) is 0 Å². The van der Waals surface area contributed by atoms with Crippen LogP contribution in [0.1, 0.15) is 30.1 Å². The second-order valence-electron chi connectivity index (χ2n) is 6.74. The molecule has 1 aromatic rings. The molecular weight excluding hydrogens is 321 g/mol. The quantitative estimate of drug-likeness (QED) is 0.886. The molecule has 5 nitrogen and oxygen atoms in total. The first-order chi connectivity index (χ1) is 11.3. The van der Waals surface area contributed by atoms with Crippen molar-refractivity contribution in [1.82, 2.24) is 20.2 Å². The van der Waals surface area contributed by atoms with Crippen molar-refractivity contribution in [3.8, 4) is 0 Å². The molecular formula is C16H21F3N4O. The molecule has 132 valence electrons. The molecule has 8 heteroatoms. The first-order valence-corrected chi connectivity index (χ1v) is 8.18. The van der Waals surface area contributed by atoms with Crippen LogP contribution in [0.4, 0.5) is 13.2 Å². The number of nitrogens with one attached hydrogen (secondary N) is 1. The van der Waals surface area contributed by atoms with Gasteiger partial charge in [-0.05, 0) is 31.9 Å². The first kappa shape index (κ1) is 17.1. The largest absolute Gasteiger partial charge is 0.393 e. The van der Waals surface area contributed by atoms with Crippen molar-refractivity contribution in [2.24, 2.45) is 11.8 Å². The number of likely N-dealkylation sites (tertiary alicyclic amines) is 1. The van der Waals surface area contributed by atoms with E-state index < -0.39 is 23.9 Å². The van der Waals surface area contributed by atoms with E-state index in [9.17, 15) is 18.0 Å². The Morgan fingerprint density at radius 1 is 1.29 bits per heavy atom. The standard InChI is InChI=1S/C16H21F3N4O/c1-23-8-12(13(9-23)16(17,18)19)15(24)20-5-4-10-6-21-14(22-7-10)11-2-3-11/h6-7,11-13H,2-5,8-9H2,1H3,(H,20,24)/t12-,13-/m1/s1. The molecule has 2 aliphatic rings. The average Bonchev–Trinajstić information content (AvgIpc) is 3.28. The number of hydrogen-bond acceptors (Lipinski definition) is 4. The van der Waals surface area contributed by atoms with Crippen LogP contribution in [0.5, 0.6) is 0 Å². The number of amides is 1. The van der Waals surface area contributed by atoms with Crippen molar-refractivity contribution in [2.75, 3.05) is 26.7 Å². The molecule has 0 bridgehead atoms. The summed E-state index contributed by atoms with van der Waals surface area (Å²) in [5, 5.41) is 2.62. The van der Waals surface area contributed by atoms with Crippen LogP contribution in [0.15, 0.2) is 12.4 Å². The van der Waals surface area contributed by atoms with Gasteiger partial charge in [-0.25, -0.2) is 9.97 Å². The Bertz CT molecular complexity index is 586. The number of nitrogens with zero attached hydrogens (tertiary/aromatic N) is 3. The minimum absolute atomic E-state index is 0.127. The van der Waals surface area contributed by atoms with Gasteiger partial charge >= 0.3 is 6.18 Å². The number of carbonyl (C=O) groups excluding carboxylic acids is 1. The fourth-order valence-electron chi connectivity index (χ4n) is 3.11. The Kier molecular flexibility index (Phi) is 4.76. The van der Waals surface area contributed by atoms with Gasteiger partial charge in [0, 0.05) is 37.9 Å². The third-order valence-electron chi connectivity index (χ3n) is 4.64. The van der Waals surface area contributed by atoms with E-state index in [0.29, 0.717) is 12.3 Å². The van der Waals surface area contributed by atoms with E-state index in [0.717, 1.165) is 24.2 Å². The summed E-state index contributed by atoms with van der Waals surface area (Å²) in [5.74, 6) is -1.83. The second-order valence-corrected chi connectivity index (χ2v) is 6.74. The lowest BCUT2D eigenvalue weighted by atomic mass is 9.94. The SMILES string of the molecule is CN1C[C@@H](C(F)(F)F)[C@H](C(=O)NCCc2cnc(C3CC3)nc2)C1. The summed E-state index contributed by atoms with van der Waals surface area (Å²) in [4.78, 5) is 22.3. The van der Waals surface area contributed by atoms with Gasteiger partial charge in [-0.2, -0.15) is 13.2 Å². The lowest BCUT2D eigenvalue weighted by Gasteiger charge is -2.20. The van der Waals surface area contributed by atoms with Crippen LogP contribution in [0.2, 0.25) is 0 Å². The number of halogens is 3. The molecule has 2 heterocycles. The lowest BCUT2D eigenvalue weighted by Crippen LogP contribution is -2.40. The normalized spacial score (nSPS) is 25.0. The van der Waals surface area contributed by atoms with Crippen LogP contribution in [0.25, 0.3) is 0 Å². The van der Waals surface area contributed by atoms with Crippen LogP contribution >= 0.6 is 0 Å². The van der Waals surface area contributed by atoms with Crippen LogP contribution in [-0.4, -0.2) is 53.6 Å². The molecule has 2 atom stereocenters. The summed E-state index contributed by atoms with van der Waals surface area (Å²) in [6, 6.07) is 0. The number of alkyl halides is 3. The number of hydrogen-bond donors (Lipinski definition) is 1. The number of carbonyl (C=O) groups is 1. The van der Waals surface area contributed by atoms with Gasteiger partial charge in [-0.15, -0.1) is 0 Å². The van der Waals surface area contributed by atoms with Crippen molar-refractivity contribution in [3.05, 3.63) is 23.8 Å². The van der Waals surface area contributed by atoms with E-state index in [1.54, 1.807) is 24.3 Å². The van der Waals surface area contributed by atoms with E-state index in [4.69, 9.17) is 0 Å². The number of rotatable bonds is 5. The molecule has 2 fully saturated rings. The van der Waals surface area contributed by atoms with Crippen LogP contribution in [-0.2, 0) is 11.2 Å². The zero-order valence-electron chi connectivity index (χ0n) is 13.5. The first-order valence-electron chi connectivity index (χ1n) is 8.18. The number of aromatic nitrogens is 2. The maximum atomic E-state index is 13.0. The molecule has 1 saturated carbocycles. The zero-order valence-corrected chi connectivity index (χ0v) is 13.5. The van der Waals surface area contributed by atoms with Crippen LogP contribution < -0.4 is 5.32 Å². The van der Waals surface area contributed by atoms with Gasteiger partial charge in [-0.3, -0.25) is 4.79 Å². The van der Waals surface area contributed by atoms with E-state index >= 15 is 0 Å². The van der Waals surface area contributed by atoms with Gasteiger partial charge in [0.05, 0.1) is 11.8 Å². The second kappa shape index (κ2) is 6.66. The highest BCUT2D eigenvalue weighted by Crippen LogP contribution is 2.38. The molecule has 1 aliphatic heterocycles. The van der Waals surface area contributed by atoms with Gasteiger partial charge in [-0.1, -0.05) is 0 Å². The third-order valence-corrected chi connectivity index (χ3v) is 4.64. The summed E-state index contributed by atoms with van der Waals surface area (Å²) in [7, 11) is 1.60. The molecule has 1 saturated heterocycles. The third kappa shape index (κ3) is 4.03. The van der Waals surface area contributed by atoms with Crippen molar-refractivity contribution >= 4 is 5.91 Å². The van der Waals surface area contributed by atoms with Crippen molar-refractivity contribution in [2.45, 2.75) is 31.4 Å². The van der Waals surface area contributed by atoms with E-state index in [-0.39, 0.29) is 19.6 Å². The van der Waals surface area contributed by atoms with Crippen molar-refractivity contribution < 1.29 is 18.0 Å². The molecule has 1 N–H and O–H groups in total. The molecule has 0 radical (unpaired) electrons. The van der Waals surface area contributed by atoms with Gasteiger partial charge in [0.2, 0.25) is 5.91 Å². The molecule has 1 aromatic heterocycles. The highest BCUT2D eigenvalue weighted by atomic mass is 19.4. The lowest BCUT2D eigenvalue weighted by molar-refractivity contribution is -0.183. The van der Waals surface area contributed by atoms with E-state index in [1.807, 2.05) is 0 Å². The minimum atomic E-state index is -4.35. The van der Waals surface area contributed by atoms with Crippen molar-refractivity contribution in [1.29, 1.82) is 0 Å². The smallest absolute Gasteiger partial charge is 0.355 e. The molecule has 3 rings (SSSR count). The molecule has 1 amide bonds. The highest BCUT2D eigenvalue weighted by molar-refractivity contribution is 5.79. The Morgan fingerprint density at radius 2 is 1.96 bits per heavy atom. The van der Waals surface area contributed by atoms with Gasteiger partial charge in [0.15, 0.2) is 0 Å². The molecule has 24 heavy (non-hydrogen) atoms. The van der Waals surface area contributed by atoms with E-state index in [2.05, 4.69) is 15.3 Å². The molecule has 0 aromatic carbocycles. The Balaban J connectivity index is 1.49.